The van der Waals surface area contributed by atoms with Gasteiger partial charge in [0, 0.05) is 37.3 Å². The molecule has 3 N–H and O–H groups in total. The van der Waals surface area contributed by atoms with Crippen LogP contribution < -0.4 is 11.1 Å². The number of rotatable bonds is 4. The summed E-state index contributed by atoms with van der Waals surface area (Å²) in [4.78, 5) is 13.3. The van der Waals surface area contributed by atoms with Crippen LogP contribution in [0.5, 0.6) is 0 Å². The van der Waals surface area contributed by atoms with E-state index in [4.69, 9.17) is 5.73 Å². The average molecular weight is 322 g/mol. The lowest BCUT2D eigenvalue weighted by Crippen LogP contribution is -2.35. The van der Waals surface area contributed by atoms with Gasteiger partial charge in [0.25, 0.3) is 0 Å². The Balaban J connectivity index is 1.47. The van der Waals surface area contributed by atoms with E-state index in [-0.39, 0.29) is 0 Å². The lowest BCUT2D eigenvalue weighted by atomic mass is 9.79. The SMILES string of the molecule is Cc1nc2cc(CNc3cc(C4CC(N)C4)ncn3)ccc2n1C. The third-order valence-electron chi connectivity index (χ3n) is 4.92. The zero-order chi connectivity index (χ0) is 16.7. The van der Waals surface area contributed by atoms with Gasteiger partial charge >= 0.3 is 0 Å². The highest BCUT2D eigenvalue weighted by atomic mass is 15.1. The van der Waals surface area contributed by atoms with Gasteiger partial charge in [0.1, 0.15) is 18.0 Å². The number of imidazole rings is 1. The highest BCUT2D eigenvalue weighted by molar-refractivity contribution is 5.76. The predicted molar refractivity (Wildman–Crippen MR) is 94.8 cm³/mol. The quantitative estimate of drug-likeness (QED) is 0.771. The standard InChI is InChI=1S/C18H22N6/c1-11-23-16-5-12(3-4-17(16)24(11)2)9-20-18-8-15(21-10-22-18)13-6-14(19)7-13/h3-5,8,10,13-14H,6-7,9,19H2,1-2H3,(H,20,21,22). The van der Waals surface area contributed by atoms with E-state index in [0.717, 1.165) is 41.2 Å². The van der Waals surface area contributed by atoms with Gasteiger partial charge in [-0.05, 0) is 37.5 Å². The maximum absolute atomic E-state index is 5.87. The number of aromatic nitrogens is 4. The van der Waals surface area contributed by atoms with E-state index >= 15 is 0 Å². The van der Waals surface area contributed by atoms with Crippen LogP contribution in [-0.2, 0) is 13.6 Å². The molecule has 4 rings (SSSR count). The van der Waals surface area contributed by atoms with Crippen LogP contribution >= 0.6 is 0 Å². The molecule has 6 nitrogen and oxygen atoms in total. The molecule has 0 saturated heterocycles. The number of aryl methyl sites for hydroxylation is 2. The topological polar surface area (TPSA) is 81.7 Å². The van der Waals surface area contributed by atoms with Gasteiger partial charge in [-0.1, -0.05) is 6.07 Å². The van der Waals surface area contributed by atoms with Crippen molar-refractivity contribution in [3.8, 4) is 0 Å². The van der Waals surface area contributed by atoms with Crippen molar-refractivity contribution in [2.45, 2.75) is 38.3 Å². The molecular formula is C18H22N6. The Morgan fingerprint density at radius 2 is 2.08 bits per heavy atom. The summed E-state index contributed by atoms with van der Waals surface area (Å²) in [6.45, 7) is 2.74. The summed E-state index contributed by atoms with van der Waals surface area (Å²) in [6.07, 6.45) is 3.67. The smallest absolute Gasteiger partial charge is 0.129 e. The van der Waals surface area contributed by atoms with Crippen LogP contribution in [-0.4, -0.2) is 25.6 Å². The highest BCUT2D eigenvalue weighted by Gasteiger charge is 2.28. The molecule has 0 bridgehead atoms. The molecule has 0 amide bonds. The number of anilines is 1. The minimum atomic E-state index is 0.329. The fourth-order valence-corrected chi connectivity index (χ4v) is 3.26. The van der Waals surface area contributed by atoms with Crippen LogP contribution in [0, 0.1) is 6.92 Å². The maximum atomic E-state index is 5.87. The van der Waals surface area contributed by atoms with Crippen LogP contribution in [0.1, 0.15) is 35.8 Å². The van der Waals surface area contributed by atoms with E-state index in [9.17, 15) is 0 Å². The van der Waals surface area contributed by atoms with Gasteiger partial charge in [-0.3, -0.25) is 0 Å². The van der Waals surface area contributed by atoms with Crippen LogP contribution in [0.4, 0.5) is 5.82 Å². The molecular weight excluding hydrogens is 300 g/mol. The minimum absolute atomic E-state index is 0.329. The third-order valence-corrected chi connectivity index (χ3v) is 4.92. The molecule has 124 valence electrons. The fraction of sp³-hybridized carbons (Fsp3) is 0.389. The van der Waals surface area contributed by atoms with E-state index in [1.165, 1.54) is 5.56 Å². The maximum Gasteiger partial charge on any atom is 0.129 e. The van der Waals surface area contributed by atoms with Crippen molar-refractivity contribution in [3.63, 3.8) is 0 Å². The molecule has 1 fully saturated rings. The molecule has 0 atom stereocenters. The Bertz CT molecular complexity index is 878. The van der Waals surface area contributed by atoms with Crippen molar-refractivity contribution in [2.75, 3.05) is 5.32 Å². The van der Waals surface area contributed by atoms with Gasteiger partial charge in [0.05, 0.1) is 11.0 Å². The lowest BCUT2D eigenvalue weighted by Gasteiger charge is -2.31. The molecule has 0 aliphatic heterocycles. The summed E-state index contributed by atoms with van der Waals surface area (Å²) >= 11 is 0. The Kier molecular flexibility index (Phi) is 3.69. The second-order valence-corrected chi connectivity index (χ2v) is 6.65. The minimum Gasteiger partial charge on any atom is -0.366 e. The largest absolute Gasteiger partial charge is 0.366 e. The molecule has 0 unspecified atom stereocenters. The second kappa shape index (κ2) is 5.87. The van der Waals surface area contributed by atoms with Gasteiger partial charge in [0.15, 0.2) is 0 Å². The Morgan fingerprint density at radius 3 is 2.88 bits per heavy atom. The first kappa shape index (κ1) is 15.1. The van der Waals surface area contributed by atoms with Crippen molar-refractivity contribution < 1.29 is 0 Å². The summed E-state index contributed by atoms with van der Waals surface area (Å²) in [5.41, 5.74) is 10.3. The molecule has 0 radical (unpaired) electrons. The van der Waals surface area contributed by atoms with Crippen LogP contribution in [0.3, 0.4) is 0 Å². The predicted octanol–water partition coefficient (Wildman–Crippen LogP) is 2.49. The number of hydrogen-bond acceptors (Lipinski definition) is 5. The number of nitrogens with one attached hydrogen (secondary N) is 1. The molecule has 2 heterocycles. The van der Waals surface area contributed by atoms with E-state index in [2.05, 4.69) is 43.0 Å². The van der Waals surface area contributed by atoms with E-state index in [1.807, 2.05) is 20.0 Å². The normalized spacial score (nSPS) is 20.1. The first-order chi connectivity index (χ1) is 11.6. The van der Waals surface area contributed by atoms with Crippen molar-refractivity contribution in [1.29, 1.82) is 0 Å². The number of nitrogens with two attached hydrogens (primary N) is 1. The van der Waals surface area contributed by atoms with E-state index in [0.29, 0.717) is 18.5 Å². The number of fused-ring (bicyclic) bond motifs is 1. The number of hydrogen-bond donors (Lipinski definition) is 2. The van der Waals surface area contributed by atoms with Gasteiger partial charge in [0.2, 0.25) is 0 Å². The first-order valence-electron chi connectivity index (χ1n) is 8.33. The summed E-state index contributed by atoms with van der Waals surface area (Å²) in [7, 11) is 2.04. The molecule has 1 aliphatic carbocycles. The van der Waals surface area contributed by atoms with Gasteiger partial charge < -0.3 is 15.6 Å². The van der Waals surface area contributed by atoms with Gasteiger partial charge in [-0.15, -0.1) is 0 Å². The second-order valence-electron chi connectivity index (χ2n) is 6.65. The summed E-state index contributed by atoms with van der Waals surface area (Å²) in [5.74, 6) is 2.36. The first-order valence-corrected chi connectivity index (χ1v) is 8.33. The molecule has 24 heavy (non-hydrogen) atoms. The van der Waals surface area contributed by atoms with Crippen molar-refractivity contribution in [1.82, 2.24) is 19.5 Å². The summed E-state index contributed by atoms with van der Waals surface area (Å²) in [6, 6.07) is 8.74. The van der Waals surface area contributed by atoms with Crippen LogP contribution in [0.25, 0.3) is 11.0 Å². The molecule has 6 heteroatoms. The third kappa shape index (κ3) is 2.73. The van der Waals surface area contributed by atoms with Crippen LogP contribution in [0.2, 0.25) is 0 Å². The zero-order valence-corrected chi connectivity index (χ0v) is 14.0. The zero-order valence-electron chi connectivity index (χ0n) is 14.0. The van der Waals surface area contributed by atoms with E-state index in [1.54, 1.807) is 6.33 Å². The molecule has 1 aromatic carbocycles. The van der Waals surface area contributed by atoms with Gasteiger partial charge in [-0.2, -0.15) is 0 Å². The molecule has 0 spiro atoms. The monoisotopic (exact) mass is 322 g/mol. The number of benzene rings is 1. The Hall–Kier alpha value is -2.47. The summed E-state index contributed by atoms with van der Waals surface area (Å²) < 4.78 is 2.10. The van der Waals surface area contributed by atoms with E-state index < -0.39 is 0 Å². The van der Waals surface area contributed by atoms with Crippen molar-refractivity contribution >= 4 is 16.9 Å². The Morgan fingerprint density at radius 1 is 1.25 bits per heavy atom. The highest BCUT2D eigenvalue weighted by Crippen LogP contribution is 2.34. The Labute approximate surface area is 141 Å². The van der Waals surface area contributed by atoms with Crippen LogP contribution in [0.15, 0.2) is 30.6 Å². The molecule has 3 aromatic rings. The lowest BCUT2D eigenvalue weighted by molar-refractivity contribution is 0.345. The molecule has 1 aliphatic rings. The molecule has 1 saturated carbocycles. The van der Waals surface area contributed by atoms with Crippen molar-refractivity contribution in [3.05, 3.63) is 47.7 Å². The van der Waals surface area contributed by atoms with Gasteiger partial charge in [-0.25, -0.2) is 15.0 Å². The summed E-state index contributed by atoms with van der Waals surface area (Å²) in [5, 5.41) is 3.38. The average Bonchev–Trinajstić information content (AvgIpc) is 2.84. The number of nitrogens with zero attached hydrogens (tertiary/aromatic N) is 4. The fourth-order valence-electron chi connectivity index (χ4n) is 3.26. The molecule has 2 aromatic heterocycles. The van der Waals surface area contributed by atoms with Crippen molar-refractivity contribution in [2.24, 2.45) is 12.8 Å².